The van der Waals surface area contributed by atoms with E-state index in [9.17, 15) is 4.79 Å². The van der Waals surface area contributed by atoms with Crippen molar-refractivity contribution in [3.05, 3.63) is 67.9 Å². The Balaban J connectivity index is 1.71. The molecule has 186 valence electrons. The fraction of sp³-hybridized carbons (Fsp3) is 0.500. The Morgan fingerprint density at radius 1 is 1.34 bits per heavy atom. The maximum Gasteiger partial charge on any atom is 0.270 e. The van der Waals surface area contributed by atoms with E-state index in [4.69, 9.17) is 15.0 Å². The number of rotatable bonds is 8. The molecule has 0 aliphatic carbocycles. The monoisotopic (exact) mass is 495 g/mol. The zero-order valence-electron chi connectivity index (χ0n) is 21.0. The van der Waals surface area contributed by atoms with Gasteiger partial charge in [-0.15, -0.1) is 11.3 Å². The number of hydrogen-bond donors (Lipinski definition) is 0. The van der Waals surface area contributed by atoms with Gasteiger partial charge in [-0.05, 0) is 79.9 Å². The third-order valence-corrected chi connectivity index (χ3v) is 7.79. The van der Waals surface area contributed by atoms with Gasteiger partial charge < -0.3 is 19.3 Å². The second-order valence-corrected chi connectivity index (χ2v) is 10.9. The van der Waals surface area contributed by atoms with Gasteiger partial charge in [0.2, 0.25) is 0 Å². The van der Waals surface area contributed by atoms with Gasteiger partial charge in [0.1, 0.15) is 0 Å². The van der Waals surface area contributed by atoms with Crippen molar-refractivity contribution >= 4 is 17.2 Å². The number of azide groups is 1. The highest BCUT2D eigenvalue weighted by Crippen LogP contribution is 2.51. The molecule has 35 heavy (non-hydrogen) atoms. The molecule has 2 aliphatic rings. The summed E-state index contributed by atoms with van der Waals surface area (Å²) in [7, 11) is 3.52. The van der Waals surface area contributed by atoms with E-state index in [0.29, 0.717) is 31.1 Å². The van der Waals surface area contributed by atoms with Crippen LogP contribution < -0.4 is 9.47 Å². The lowest BCUT2D eigenvalue weighted by atomic mass is 9.86. The number of amides is 1. The van der Waals surface area contributed by atoms with Crippen LogP contribution in [-0.4, -0.2) is 55.1 Å². The SMILES string of the molecule is COc1cc2c(cc1OCCCN=[N+]=[N-])C1C(c3cccs3)C=C(C(=O)N(C)C(C)(C)C)N1CC2. The molecule has 8 nitrogen and oxygen atoms in total. The third kappa shape index (κ3) is 4.97. The summed E-state index contributed by atoms with van der Waals surface area (Å²) in [5, 5.41) is 5.66. The Morgan fingerprint density at radius 2 is 2.14 bits per heavy atom. The van der Waals surface area contributed by atoms with Gasteiger partial charge in [0, 0.05) is 41.4 Å². The first kappa shape index (κ1) is 24.9. The molecule has 0 saturated carbocycles. The van der Waals surface area contributed by atoms with Gasteiger partial charge >= 0.3 is 0 Å². The van der Waals surface area contributed by atoms with Crippen LogP contribution in [0.25, 0.3) is 10.4 Å². The Hall–Kier alpha value is -3.16. The molecule has 2 unspecified atom stereocenters. The maximum absolute atomic E-state index is 13.6. The number of thiophene rings is 1. The molecule has 0 N–H and O–H groups in total. The zero-order valence-corrected chi connectivity index (χ0v) is 21.8. The fourth-order valence-corrected chi connectivity index (χ4v) is 5.52. The molecule has 0 saturated heterocycles. The van der Waals surface area contributed by atoms with Crippen LogP contribution in [0.1, 0.15) is 55.2 Å². The zero-order chi connectivity index (χ0) is 25.2. The van der Waals surface area contributed by atoms with Crippen LogP contribution in [0.3, 0.4) is 0 Å². The summed E-state index contributed by atoms with van der Waals surface area (Å²) < 4.78 is 11.7. The second kappa shape index (κ2) is 10.2. The Bertz CT molecular complexity index is 1150. The van der Waals surface area contributed by atoms with E-state index in [1.54, 1.807) is 18.4 Å². The van der Waals surface area contributed by atoms with E-state index in [2.05, 4.69) is 71.4 Å². The molecule has 2 atom stereocenters. The van der Waals surface area contributed by atoms with Gasteiger partial charge in [0.25, 0.3) is 5.91 Å². The highest BCUT2D eigenvalue weighted by Gasteiger charge is 2.44. The van der Waals surface area contributed by atoms with Crippen molar-refractivity contribution in [2.75, 3.05) is 33.9 Å². The number of carbonyl (C=O) groups excluding carboxylic acids is 1. The van der Waals surface area contributed by atoms with Crippen molar-refractivity contribution < 1.29 is 14.3 Å². The van der Waals surface area contributed by atoms with Crippen LogP contribution in [-0.2, 0) is 11.2 Å². The molecular weight excluding hydrogens is 462 g/mol. The van der Waals surface area contributed by atoms with E-state index >= 15 is 0 Å². The number of nitrogens with zero attached hydrogens (tertiary/aromatic N) is 5. The number of ether oxygens (including phenoxy) is 2. The molecule has 3 heterocycles. The van der Waals surface area contributed by atoms with Gasteiger partial charge in [-0.2, -0.15) is 0 Å². The molecule has 9 heteroatoms. The van der Waals surface area contributed by atoms with Crippen molar-refractivity contribution in [1.29, 1.82) is 0 Å². The number of hydrogen-bond acceptors (Lipinski definition) is 6. The van der Waals surface area contributed by atoms with E-state index in [0.717, 1.165) is 24.2 Å². The van der Waals surface area contributed by atoms with Crippen LogP contribution in [0.2, 0.25) is 0 Å². The molecule has 4 rings (SSSR count). The highest BCUT2D eigenvalue weighted by atomic mass is 32.1. The summed E-state index contributed by atoms with van der Waals surface area (Å²) in [4.78, 5) is 21.7. The van der Waals surface area contributed by atoms with Crippen LogP contribution in [0.15, 0.2) is 46.5 Å². The van der Waals surface area contributed by atoms with E-state index < -0.39 is 0 Å². The van der Waals surface area contributed by atoms with Crippen LogP contribution in [0.5, 0.6) is 11.5 Å². The quantitative estimate of drug-likeness (QED) is 0.204. The standard InChI is InChI=1S/C26H33N5O3S/c1-26(2,3)30(4)25(32)20-15-19(23-8-6-13-35-23)24-18-16-22(34-12-7-10-28-29-27)21(33-5)14-17(18)9-11-31(20)24/h6,8,13-16,19,24H,7,9-12H2,1-5H3. The van der Waals surface area contributed by atoms with Crippen molar-refractivity contribution in [2.24, 2.45) is 5.11 Å². The number of carbonyl (C=O) groups is 1. The first-order valence-electron chi connectivity index (χ1n) is 11.9. The minimum Gasteiger partial charge on any atom is -0.493 e. The van der Waals surface area contributed by atoms with Crippen LogP contribution >= 0.6 is 11.3 Å². The number of benzene rings is 1. The van der Waals surface area contributed by atoms with Crippen LogP contribution in [0.4, 0.5) is 0 Å². The highest BCUT2D eigenvalue weighted by molar-refractivity contribution is 7.10. The smallest absolute Gasteiger partial charge is 0.270 e. The van der Waals surface area contributed by atoms with Crippen LogP contribution in [0, 0.1) is 0 Å². The normalized spacial score (nSPS) is 18.8. The number of likely N-dealkylation sites (N-methyl/N-ethyl adjacent to an activating group) is 1. The molecule has 1 aromatic heterocycles. The average molecular weight is 496 g/mol. The van der Waals surface area contributed by atoms with Gasteiger partial charge in [0.05, 0.1) is 25.5 Å². The summed E-state index contributed by atoms with van der Waals surface area (Å²) in [6, 6.07) is 8.38. The minimum atomic E-state index is -0.272. The topological polar surface area (TPSA) is 90.8 Å². The summed E-state index contributed by atoms with van der Waals surface area (Å²) in [5.41, 5.74) is 11.4. The van der Waals surface area contributed by atoms with Crippen molar-refractivity contribution in [2.45, 2.75) is 51.1 Å². The molecule has 1 amide bonds. The maximum atomic E-state index is 13.6. The summed E-state index contributed by atoms with van der Waals surface area (Å²) >= 11 is 1.72. The summed E-state index contributed by atoms with van der Waals surface area (Å²) in [6.07, 6.45) is 3.60. The average Bonchev–Trinajstić information content (AvgIpc) is 3.50. The minimum absolute atomic E-state index is 0.0150. The van der Waals surface area contributed by atoms with Gasteiger partial charge in [-0.25, -0.2) is 0 Å². The first-order chi connectivity index (χ1) is 16.8. The van der Waals surface area contributed by atoms with E-state index in [1.165, 1.54) is 10.4 Å². The largest absolute Gasteiger partial charge is 0.493 e. The van der Waals surface area contributed by atoms with Crippen molar-refractivity contribution in [3.63, 3.8) is 0 Å². The Kier molecular flexibility index (Phi) is 7.28. The molecule has 2 aliphatic heterocycles. The lowest BCUT2D eigenvalue weighted by Gasteiger charge is -2.40. The fourth-order valence-electron chi connectivity index (χ4n) is 4.70. The molecule has 0 fully saturated rings. The Morgan fingerprint density at radius 3 is 2.80 bits per heavy atom. The van der Waals surface area contributed by atoms with Gasteiger partial charge in [-0.1, -0.05) is 11.2 Å². The second-order valence-electron chi connectivity index (χ2n) is 9.87. The Labute approximate surface area is 210 Å². The number of methoxy groups -OCH3 is 1. The predicted octanol–water partition coefficient (Wildman–Crippen LogP) is 5.67. The van der Waals surface area contributed by atoms with Gasteiger partial charge in [-0.3, -0.25) is 4.79 Å². The van der Waals surface area contributed by atoms with Crippen molar-refractivity contribution in [3.8, 4) is 11.5 Å². The molecule has 0 radical (unpaired) electrons. The summed E-state index contributed by atoms with van der Waals surface area (Å²) in [6.45, 7) is 7.74. The first-order valence-corrected chi connectivity index (χ1v) is 12.8. The molecule has 0 bridgehead atoms. The van der Waals surface area contributed by atoms with E-state index in [1.807, 2.05) is 11.9 Å². The molecular formula is C26H33N5O3S. The van der Waals surface area contributed by atoms with E-state index in [-0.39, 0.29) is 23.4 Å². The van der Waals surface area contributed by atoms with Crippen molar-refractivity contribution in [1.82, 2.24) is 9.80 Å². The third-order valence-electron chi connectivity index (χ3n) is 6.81. The molecule has 2 aromatic rings. The molecule has 0 spiro atoms. The predicted molar refractivity (Wildman–Crippen MR) is 138 cm³/mol. The lowest BCUT2D eigenvalue weighted by molar-refractivity contribution is -0.131. The van der Waals surface area contributed by atoms with Gasteiger partial charge in [0.15, 0.2) is 11.5 Å². The molecule has 1 aromatic carbocycles. The lowest BCUT2D eigenvalue weighted by Crippen LogP contribution is -2.46. The summed E-state index contributed by atoms with van der Waals surface area (Å²) in [5.74, 6) is 1.49. The number of fused-ring (bicyclic) bond motifs is 3.